The Labute approximate surface area is 126 Å². The van der Waals surface area contributed by atoms with Crippen LogP contribution in [0.25, 0.3) is 0 Å². The molecule has 0 aliphatic carbocycles. The van der Waals surface area contributed by atoms with Crippen LogP contribution >= 0.6 is 11.6 Å². The minimum Gasteiger partial charge on any atom is -0.385 e. The number of anilines is 3. The molecule has 1 aromatic carbocycles. The predicted octanol–water partition coefficient (Wildman–Crippen LogP) is 2.86. The van der Waals surface area contributed by atoms with Crippen molar-refractivity contribution in [1.29, 1.82) is 0 Å². The molecule has 0 aliphatic heterocycles. The van der Waals surface area contributed by atoms with E-state index >= 15 is 0 Å². The summed E-state index contributed by atoms with van der Waals surface area (Å²) in [6.45, 7) is 1.39. The van der Waals surface area contributed by atoms with E-state index in [1.807, 2.05) is 0 Å². The van der Waals surface area contributed by atoms with Gasteiger partial charge >= 0.3 is 0 Å². The minimum atomic E-state index is -0.477. The Kier molecular flexibility index (Phi) is 5.65. The van der Waals surface area contributed by atoms with E-state index in [0.717, 1.165) is 6.42 Å². The zero-order valence-electron chi connectivity index (χ0n) is 11.4. The highest BCUT2D eigenvalue weighted by molar-refractivity contribution is 6.31. The number of benzene rings is 1. The Hall–Kier alpha value is -1.99. The van der Waals surface area contributed by atoms with Gasteiger partial charge in [0.1, 0.15) is 5.82 Å². The van der Waals surface area contributed by atoms with Gasteiger partial charge in [0.05, 0.1) is 11.2 Å². The van der Waals surface area contributed by atoms with Crippen molar-refractivity contribution in [1.82, 2.24) is 15.2 Å². The van der Waals surface area contributed by atoms with Crippen LogP contribution in [-0.2, 0) is 4.74 Å². The van der Waals surface area contributed by atoms with E-state index in [1.165, 1.54) is 18.3 Å². The van der Waals surface area contributed by atoms with Crippen LogP contribution in [0.4, 0.5) is 21.8 Å². The minimum absolute atomic E-state index is 0.0294. The van der Waals surface area contributed by atoms with E-state index in [2.05, 4.69) is 25.8 Å². The van der Waals surface area contributed by atoms with Crippen molar-refractivity contribution in [3.8, 4) is 0 Å². The molecule has 2 aromatic rings. The molecule has 112 valence electrons. The average molecular weight is 312 g/mol. The molecule has 21 heavy (non-hydrogen) atoms. The molecule has 0 saturated heterocycles. The number of aromatic nitrogens is 3. The Morgan fingerprint density at radius 3 is 3.00 bits per heavy atom. The van der Waals surface area contributed by atoms with Crippen LogP contribution in [0.5, 0.6) is 0 Å². The van der Waals surface area contributed by atoms with Crippen molar-refractivity contribution in [2.75, 3.05) is 30.9 Å². The average Bonchev–Trinajstić information content (AvgIpc) is 2.48. The number of halogens is 2. The summed E-state index contributed by atoms with van der Waals surface area (Å²) in [5, 5.41) is 13.8. The van der Waals surface area contributed by atoms with Crippen LogP contribution in [0.1, 0.15) is 6.42 Å². The second-order valence-corrected chi connectivity index (χ2v) is 4.60. The SMILES string of the molecule is COCCCNc1cnnc(Nc2ccc(F)c(Cl)c2)n1. The molecule has 1 aromatic heterocycles. The summed E-state index contributed by atoms with van der Waals surface area (Å²) in [5.41, 5.74) is 0.583. The molecule has 6 nitrogen and oxygen atoms in total. The van der Waals surface area contributed by atoms with Crippen LogP contribution in [0.2, 0.25) is 5.02 Å². The number of nitrogens with zero attached hydrogens (tertiary/aromatic N) is 3. The molecule has 0 atom stereocenters. The Morgan fingerprint density at radius 1 is 1.38 bits per heavy atom. The lowest BCUT2D eigenvalue weighted by atomic mass is 10.3. The number of rotatable bonds is 7. The van der Waals surface area contributed by atoms with Crippen molar-refractivity contribution >= 4 is 29.1 Å². The molecule has 2 rings (SSSR count). The first kappa shape index (κ1) is 15.4. The van der Waals surface area contributed by atoms with Gasteiger partial charge in [0, 0.05) is 25.9 Å². The highest BCUT2D eigenvalue weighted by Crippen LogP contribution is 2.21. The molecule has 0 unspecified atom stereocenters. The highest BCUT2D eigenvalue weighted by Gasteiger charge is 2.04. The zero-order valence-corrected chi connectivity index (χ0v) is 12.2. The molecular formula is C13H15ClFN5O. The molecule has 0 aliphatic rings. The molecule has 0 spiro atoms. The lowest BCUT2D eigenvalue weighted by Gasteiger charge is -2.07. The van der Waals surface area contributed by atoms with E-state index in [1.54, 1.807) is 13.2 Å². The Bertz CT molecular complexity index is 599. The summed E-state index contributed by atoms with van der Waals surface area (Å²) < 4.78 is 18.0. The molecule has 0 radical (unpaired) electrons. The third kappa shape index (κ3) is 4.80. The van der Waals surface area contributed by atoms with E-state index in [0.29, 0.717) is 30.6 Å². The van der Waals surface area contributed by atoms with Crippen molar-refractivity contribution in [3.05, 3.63) is 35.2 Å². The fraction of sp³-hybridized carbons (Fsp3) is 0.308. The smallest absolute Gasteiger partial charge is 0.249 e. The summed E-state index contributed by atoms with van der Waals surface area (Å²) in [5.74, 6) is 0.418. The number of hydrogen-bond acceptors (Lipinski definition) is 6. The second-order valence-electron chi connectivity index (χ2n) is 4.19. The van der Waals surface area contributed by atoms with Gasteiger partial charge < -0.3 is 15.4 Å². The molecule has 0 fully saturated rings. The zero-order chi connectivity index (χ0) is 15.1. The molecule has 1 heterocycles. The van der Waals surface area contributed by atoms with Crippen LogP contribution in [-0.4, -0.2) is 35.4 Å². The summed E-state index contributed by atoms with van der Waals surface area (Å²) >= 11 is 5.71. The first-order valence-electron chi connectivity index (χ1n) is 6.33. The van der Waals surface area contributed by atoms with Gasteiger partial charge in [0.2, 0.25) is 5.95 Å². The maximum Gasteiger partial charge on any atom is 0.249 e. The van der Waals surface area contributed by atoms with E-state index < -0.39 is 5.82 Å². The first-order valence-corrected chi connectivity index (χ1v) is 6.71. The topological polar surface area (TPSA) is 72.0 Å². The number of nitrogens with one attached hydrogen (secondary N) is 2. The maximum absolute atomic E-state index is 13.1. The third-order valence-corrected chi connectivity index (χ3v) is 2.86. The Balaban J connectivity index is 1.98. The summed E-state index contributed by atoms with van der Waals surface area (Å²) in [4.78, 5) is 4.24. The van der Waals surface area contributed by atoms with Gasteiger partial charge in [-0.2, -0.15) is 10.1 Å². The highest BCUT2D eigenvalue weighted by atomic mass is 35.5. The second kappa shape index (κ2) is 7.70. The molecular weight excluding hydrogens is 297 g/mol. The van der Waals surface area contributed by atoms with Crippen molar-refractivity contribution in [2.45, 2.75) is 6.42 Å². The van der Waals surface area contributed by atoms with Crippen molar-refractivity contribution < 1.29 is 9.13 Å². The largest absolute Gasteiger partial charge is 0.385 e. The van der Waals surface area contributed by atoms with Crippen molar-refractivity contribution in [2.24, 2.45) is 0 Å². The van der Waals surface area contributed by atoms with Crippen molar-refractivity contribution in [3.63, 3.8) is 0 Å². The van der Waals surface area contributed by atoms with E-state index in [4.69, 9.17) is 16.3 Å². The van der Waals surface area contributed by atoms with Gasteiger partial charge in [-0.25, -0.2) is 4.39 Å². The lowest BCUT2D eigenvalue weighted by Crippen LogP contribution is -2.08. The number of methoxy groups -OCH3 is 1. The molecule has 8 heteroatoms. The van der Waals surface area contributed by atoms with Crippen LogP contribution in [0.15, 0.2) is 24.4 Å². The van der Waals surface area contributed by atoms with Gasteiger partial charge in [0.15, 0.2) is 5.82 Å². The van der Waals surface area contributed by atoms with Gasteiger partial charge in [-0.15, -0.1) is 5.10 Å². The van der Waals surface area contributed by atoms with Gasteiger partial charge in [-0.1, -0.05) is 11.6 Å². The third-order valence-electron chi connectivity index (χ3n) is 2.57. The first-order chi connectivity index (χ1) is 10.2. The lowest BCUT2D eigenvalue weighted by molar-refractivity contribution is 0.197. The Morgan fingerprint density at radius 2 is 2.24 bits per heavy atom. The fourth-order valence-electron chi connectivity index (χ4n) is 1.58. The molecule has 0 amide bonds. The van der Waals surface area contributed by atoms with Gasteiger partial charge in [-0.3, -0.25) is 0 Å². The van der Waals surface area contributed by atoms with Crippen LogP contribution < -0.4 is 10.6 Å². The van der Waals surface area contributed by atoms with Gasteiger partial charge in [0.25, 0.3) is 0 Å². The predicted molar refractivity (Wildman–Crippen MR) is 79.5 cm³/mol. The van der Waals surface area contributed by atoms with E-state index in [-0.39, 0.29) is 5.02 Å². The molecule has 2 N–H and O–H groups in total. The molecule has 0 saturated carbocycles. The number of ether oxygens (including phenoxy) is 1. The van der Waals surface area contributed by atoms with Crippen LogP contribution in [0.3, 0.4) is 0 Å². The van der Waals surface area contributed by atoms with E-state index in [9.17, 15) is 4.39 Å². The summed E-state index contributed by atoms with van der Waals surface area (Å²) in [7, 11) is 1.65. The normalized spacial score (nSPS) is 10.4. The maximum atomic E-state index is 13.1. The quantitative estimate of drug-likeness (QED) is 0.766. The standard InChI is InChI=1S/C13H15ClFN5O/c1-21-6-2-5-16-12-8-17-20-13(19-12)18-9-3-4-11(15)10(14)7-9/h3-4,7-8H,2,5-6H2,1H3,(H2,16,18,19,20). The summed E-state index contributed by atoms with van der Waals surface area (Å²) in [6.07, 6.45) is 2.38. The summed E-state index contributed by atoms with van der Waals surface area (Å²) in [6, 6.07) is 4.27. The van der Waals surface area contributed by atoms with Gasteiger partial charge in [-0.05, 0) is 24.6 Å². The monoisotopic (exact) mass is 311 g/mol. The van der Waals surface area contributed by atoms with Crippen LogP contribution in [0, 0.1) is 5.82 Å². The number of hydrogen-bond donors (Lipinski definition) is 2. The molecule has 0 bridgehead atoms. The fourth-order valence-corrected chi connectivity index (χ4v) is 1.76.